The second kappa shape index (κ2) is 8.70. The van der Waals surface area contributed by atoms with Crippen LogP contribution in [0, 0.1) is 34.0 Å². The van der Waals surface area contributed by atoms with Crippen LogP contribution in [0.4, 0.5) is 4.39 Å². The van der Waals surface area contributed by atoms with Crippen molar-refractivity contribution in [1.29, 1.82) is 5.26 Å². The first-order valence-corrected chi connectivity index (χ1v) is 12.6. The first-order chi connectivity index (χ1) is 16.4. The number of hydrogen-bond acceptors (Lipinski definition) is 7. The predicted octanol–water partition coefficient (Wildman–Crippen LogP) is 3.73. The molecule has 2 fully saturated rings. The fourth-order valence-corrected chi connectivity index (χ4v) is 7.38. The van der Waals surface area contributed by atoms with Gasteiger partial charge in [-0.25, -0.2) is 4.39 Å². The number of nitriles is 1. The van der Waals surface area contributed by atoms with Crippen molar-refractivity contribution in [2.24, 2.45) is 22.7 Å². The quantitative estimate of drug-likeness (QED) is 0.430. The standard InChI is InChI=1S/C26H31ClFNO6/c1-15(30)35-14-22(32)25(33)7-5-18-20-10-16(13-29)19-11-17(34-9-8-27)4-6-23(19,2)26(20,28)21(31)12-24(18,25)3/h11,18,20,33H,4-10,12,14H2,1-3H3/t18-,20-,23-,24-,25-,26-/m0/s1. The number of ether oxygens (including phenoxy) is 2. The van der Waals surface area contributed by atoms with Crippen molar-refractivity contribution in [2.45, 2.75) is 70.6 Å². The molecule has 0 bridgehead atoms. The molecule has 0 aliphatic heterocycles. The Hall–Kier alpha value is -2.24. The number of allylic oxidation sites excluding steroid dienone is 4. The number of alkyl halides is 2. The molecule has 4 aliphatic rings. The van der Waals surface area contributed by atoms with Crippen LogP contribution in [-0.2, 0) is 23.9 Å². The highest BCUT2D eigenvalue weighted by atomic mass is 35.5. The van der Waals surface area contributed by atoms with Crippen molar-refractivity contribution in [2.75, 3.05) is 19.1 Å². The average molecular weight is 508 g/mol. The maximum absolute atomic E-state index is 17.3. The lowest BCUT2D eigenvalue weighted by Gasteiger charge is -2.60. The highest BCUT2D eigenvalue weighted by Crippen LogP contribution is 2.69. The SMILES string of the molecule is CC(=O)OCC(=O)[C@@]1(O)CC[C@H]2[C@@H]3CC(C#N)=C4C=C(OCCCl)CC[C@]4(C)[C@@]3(F)C(=O)C[C@@]21C. The van der Waals surface area contributed by atoms with Crippen LogP contribution in [0.1, 0.15) is 59.3 Å². The molecule has 1 N–H and O–H groups in total. The van der Waals surface area contributed by atoms with Crippen molar-refractivity contribution in [3.05, 3.63) is 23.0 Å². The third-order valence-corrected chi connectivity index (χ3v) is 9.36. The number of fused-ring (bicyclic) bond motifs is 5. The van der Waals surface area contributed by atoms with Crippen LogP contribution in [0.15, 0.2) is 23.0 Å². The van der Waals surface area contributed by atoms with Crippen LogP contribution in [-0.4, -0.2) is 53.0 Å². The van der Waals surface area contributed by atoms with E-state index in [2.05, 4.69) is 6.07 Å². The van der Waals surface area contributed by atoms with Gasteiger partial charge in [0.25, 0.3) is 0 Å². The van der Waals surface area contributed by atoms with Gasteiger partial charge in [0.1, 0.15) is 12.2 Å². The van der Waals surface area contributed by atoms with Crippen molar-refractivity contribution in [1.82, 2.24) is 0 Å². The molecule has 0 amide bonds. The Balaban J connectivity index is 1.77. The number of aliphatic hydroxyl groups is 1. The lowest BCUT2D eigenvalue weighted by molar-refractivity contribution is -0.187. The number of rotatable bonds is 6. The predicted molar refractivity (Wildman–Crippen MR) is 124 cm³/mol. The largest absolute Gasteiger partial charge is 0.497 e. The second-order valence-electron chi connectivity index (χ2n) is 10.7. The summed E-state index contributed by atoms with van der Waals surface area (Å²) >= 11 is 5.73. The topological polar surface area (TPSA) is 114 Å². The fourth-order valence-electron chi connectivity index (χ4n) is 7.31. The van der Waals surface area contributed by atoms with Gasteiger partial charge in [-0.15, -0.1) is 11.6 Å². The van der Waals surface area contributed by atoms with E-state index in [0.717, 1.165) is 0 Å². The van der Waals surface area contributed by atoms with Gasteiger partial charge in [-0.2, -0.15) is 5.26 Å². The van der Waals surface area contributed by atoms with E-state index >= 15 is 4.39 Å². The van der Waals surface area contributed by atoms with Crippen LogP contribution in [0.3, 0.4) is 0 Å². The van der Waals surface area contributed by atoms with Gasteiger partial charge in [0.2, 0.25) is 5.78 Å². The Labute approximate surface area is 209 Å². The number of nitrogens with zero attached hydrogens (tertiary/aromatic N) is 1. The van der Waals surface area contributed by atoms with E-state index in [9.17, 15) is 24.8 Å². The van der Waals surface area contributed by atoms with E-state index in [1.807, 2.05) is 0 Å². The number of carbonyl (C=O) groups is 3. The van der Waals surface area contributed by atoms with Crippen molar-refractivity contribution >= 4 is 29.1 Å². The van der Waals surface area contributed by atoms with Crippen molar-refractivity contribution in [3.8, 4) is 6.07 Å². The molecule has 0 aromatic heterocycles. The van der Waals surface area contributed by atoms with Gasteiger partial charge in [-0.05, 0) is 43.3 Å². The number of halogens is 2. The molecule has 7 nitrogen and oxygen atoms in total. The van der Waals surface area contributed by atoms with Crippen LogP contribution >= 0.6 is 11.6 Å². The highest BCUT2D eigenvalue weighted by Gasteiger charge is 2.74. The summed E-state index contributed by atoms with van der Waals surface area (Å²) in [5, 5.41) is 21.5. The zero-order valence-electron chi connectivity index (χ0n) is 20.3. The maximum atomic E-state index is 17.3. The van der Waals surface area contributed by atoms with Gasteiger partial charge in [-0.3, -0.25) is 14.4 Å². The van der Waals surface area contributed by atoms with E-state index in [-0.39, 0.29) is 19.3 Å². The van der Waals surface area contributed by atoms with Crippen LogP contribution < -0.4 is 0 Å². The molecule has 190 valence electrons. The van der Waals surface area contributed by atoms with Crippen LogP contribution in [0.2, 0.25) is 0 Å². The Kier molecular flexibility index (Phi) is 6.43. The van der Waals surface area contributed by atoms with E-state index in [0.29, 0.717) is 48.7 Å². The molecular weight excluding hydrogens is 477 g/mol. The smallest absolute Gasteiger partial charge is 0.303 e. The van der Waals surface area contributed by atoms with Gasteiger partial charge in [0, 0.05) is 42.1 Å². The summed E-state index contributed by atoms with van der Waals surface area (Å²) < 4.78 is 27.8. The molecule has 0 saturated heterocycles. The van der Waals surface area contributed by atoms with Gasteiger partial charge < -0.3 is 14.6 Å². The number of hydrogen-bond donors (Lipinski definition) is 1. The molecule has 0 unspecified atom stereocenters. The van der Waals surface area contributed by atoms with Crippen LogP contribution in [0.5, 0.6) is 0 Å². The fraction of sp³-hybridized carbons (Fsp3) is 0.692. The van der Waals surface area contributed by atoms with Crippen molar-refractivity contribution < 1.29 is 33.4 Å². The maximum Gasteiger partial charge on any atom is 0.303 e. The zero-order chi connectivity index (χ0) is 25.8. The Morgan fingerprint density at radius 3 is 2.66 bits per heavy atom. The molecular formula is C26H31ClFNO6. The molecule has 4 aliphatic carbocycles. The summed E-state index contributed by atoms with van der Waals surface area (Å²) in [4.78, 5) is 37.9. The highest BCUT2D eigenvalue weighted by molar-refractivity contribution is 6.18. The lowest BCUT2D eigenvalue weighted by Crippen LogP contribution is -2.68. The lowest BCUT2D eigenvalue weighted by atomic mass is 9.44. The molecule has 0 radical (unpaired) electrons. The summed E-state index contributed by atoms with van der Waals surface area (Å²) in [5.74, 6) is -2.43. The first kappa shape index (κ1) is 25.8. The van der Waals surface area contributed by atoms with Gasteiger partial charge in [0.05, 0.1) is 17.7 Å². The molecule has 35 heavy (non-hydrogen) atoms. The third-order valence-electron chi connectivity index (χ3n) is 9.20. The minimum absolute atomic E-state index is 0.0391. The summed E-state index contributed by atoms with van der Waals surface area (Å²) in [6, 6.07) is 2.23. The molecule has 0 spiro atoms. The van der Waals surface area contributed by atoms with Crippen LogP contribution in [0.25, 0.3) is 0 Å². The monoisotopic (exact) mass is 507 g/mol. The molecule has 4 rings (SSSR count). The molecule has 0 heterocycles. The first-order valence-electron chi connectivity index (χ1n) is 12.0. The minimum atomic E-state index is -2.24. The molecule has 2 saturated carbocycles. The van der Waals surface area contributed by atoms with Gasteiger partial charge in [0.15, 0.2) is 18.1 Å². The third kappa shape index (κ3) is 3.49. The summed E-state index contributed by atoms with van der Waals surface area (Å²) in [6.45, 7) is 4.21. The molecule has 0 aromatic carbocycles. The van der Waals surface area contributed by atoms with E-state index < -0.39 is 58.1 Å². The molecule has 6 atom stereocenters. The Morgan fingerprint density at radius 2 is 2.03 bits per heavy atom. The minimum Gasteiger partial charge on any atom is -0.497 e. The normalized spacial score (nSPS) is 40.1. The number of Topliss-reactive ketones (excluding diaryl/α,β-unsaturated/α-hetero) is 2. The van der Waals surface area contributed by atoms with Gasteiger partial charge >= 0.3 is 5.97 Å². The second-order valence-corrected chi connectivity index (χ2v) is 11.1. The molecule has 9 heteroatoms. The zero-order valence-corrected chi connectivity index (χ0v) is 21.0. The van der Waals surface area contributed by atoms with E-state index in [1.165, 1.54) is 6.92 Å². The number of esters is 1. The van der Waals surface area contributed by atoms with E-state index in [4.69, 9.17) is 21.1 Å². The Morgan fingerprint density at radius 1 is 1.31 bits per heavy atom. The number of carbonyl (C=O) groups excluding carboxylic acids is 3. The van der Waals surface area contributed by atoms with Crippen molar-refractivity contribution in [3.63, 3.8) is 0 Å². The van der Waals surface area contributed by atoms with E-state index in [1.54, 1.807) is 19.9 Å². The average Bonchev–Trinajstić information content (AvgIpc) is 3.08. The van der Waals surface area contributed by atoms with Gasteiger partial charge in [-0.1, -0.05) is 13.8 Å². The molecule has 0 aromatic rings. The summed E-state index contributed by atoms with van der Waals surface area (Å²) in [7, 11) is 0. The summed E-state index contributed by atoms with van der Waals surface area (Å²) in [5.41, 5.74) is -5.73. The summed E-state index contributed by atoms with van der Waals surface area (Å²) in [6.07, 6.45) is 2.49. The Bertz CT molecular complexity index is 1080. The number of ketones is 2.